The summed E-state index contributed by atoms with van der Waals surface area (Å²) in [6, 6.07) is 6.60. The van der Waals surface area contributed by atoms with Crippen LogP contribution < -0.4 is 5.43 Å². The predicted octanol–water partition coefficient (Wildman–Crippen LogP) is 0.621. The highest BCUT2D eigenvalue weighted by atomic mass is 16.7. The molecule has 0 aromatic heterocycles. The zero-order chi connectivity index (χ0) is 12.2. The average Bonchev–Trinajstić information content (AvgIpc) is 2.26. The van der Waals surface area contributed by atoms with Gasteiger partial charge in [-0.05, 0) is 12.1 Å². The van der Waals surface area contributed by atoms with Crippen LogP contribution in [0.5, 0.6) is 0 Å². The van der Waals surface area contributed by atoms with Crippen molar-refractivity contribution in [3.63, 3.8) is 0 Å². The summed E-state index contributed by atoms with van der Waals surface area (Å²) in [4.78, 5) is 29.1. The Balaban J connectivity index is 3.38. The van der Waals surface area contributed by atoms with Crippen molar-refractivity contribution < 1.29 is 9.85 Å². The van der Waals surface area contributed by atoms with E-state index in [9.17, 15) is 25.1 Å². The number of hydrogen-bond acceptors (Lipinski definition) is 6. The summed E-state index contributed by atoms with van der Waals surface area (Å²) < 4.78 is 0. The predicted molar refractivity (Wildman–Crippen MR) is 51.0 cm³/mol. The molecular formula is C7H6N4O5. The van der Waals surface area contributed by atoms with Crippen molar-refractivity contribution in [1.82, 2.24) is 5.43 Å². The van der Waals surface area contributed by atoms with Gasteiger partial charge in [0.15, 0.2) is 0 Å². The molecule has 0 saturated carbocycles. The van der Waals surface area contributed by atoms with Crippen molar-refractivity contribution >= 4 is 0 Å². The van der Waals surface area contributed by atoms with Gasteiger partial charge in [0, 0.05) is 0 Å². The van der Waals surface area contributed by atoms with Crippen LogP contribution >= 0.6 is 0 Å². The molecule has 9 nitrogen and oxygen atoms in total. The van der Waals surface area contributed by atoms with Crippen molar-refractivity contribution in [1.29, 1.82) is 0 Å². The summed E-state index contributed by atoms with van der Waals surface area (Å²) in [5.41, 5.74) is 1.10. The second kappa shape index (κ2) is 4.29. The van der Waals surface area contributed by atoms with Crippen molar-refractivity contribution in [2.24, 2.45) is 5.29 Å². The molecule has 0 saturated heterocycles. The van der Waals surface area contributed by atoms with E-state index in [2.05, 4.69) is 0 Å². The van der Waals surface area contributed by atoms with Gasteiger partial charge >= 0.3 is 5.79 Å². The molecule has 1 rings (SSSR count). The minimum atomic E-state index is -2.94. The summed E-state index contributed by atoms with van der Waals surface area (Å²) in [5, 5.41) is 23.6. The SMILES string of the molecule is O=NNC(c1ccccc1)([N+](=O)[O-])[N+](=O)[O-]. The lowest BCUT2D eigenvalue weighted by atomic mass is 10.1. The Labute approximate surface area is 88.3 Å². The Hall–Kier alpha value is -2.58. The number of benzene rings is 1. The number of nitrogens with zero attached hydrogens (tertiary/aromatic N) is 3. The van der Waals surface area contributed by atoms with Crippen LogP contribution in [-0.2, 0) is 5.79 Å². The molecule has 0 spiro atoms. The van der Waals surface area contributed by atoms with E-state index in [1.54, 1.807) is 0 Å². The third kappa shape index (κ3) is 1.65. The molecule has 0 fully saturated rings. The third-order valence-corrected chi connectivity index (χ3v) is 1.91. The molecule has 1 N–H and O–H groups in total. The molecule has 84 valence electrons. The lowest BCUT2D eigenvalue weighted by molar-refractivity contribution is -0.819. The fourth-order valence-electron chi connectivity index (χ4n) is 1.16. The molecule has 1 aromatic rings. The van der Waals surface area contributed by atoms with E-state index in [1.165, 1.54) is 23.6 Å². The molecule has 0 atom stereocenters. The Bertz CT molecular complexity index is 406. The Morgan fingerprint density at radius 1 is 1.12 bits per heavy atom. The lowest BCUT2D eigenvalue weighted by Gasteiger charge is -2.14. The molecule has 0 radical (unpaired) electrons. The normalized spacial score (nSPS) is 10.5. The van der Waals surface area contributed by atoms with E-state index < -0.39 is 15.6 Å². The van der Waals surface area contributed by atoms with E-state index in [-0.39, 0.29) is 5.56 Å². The van der Waals surface area contributed by atoms with Crippen molar-refractivity contribution in [3.8, 4) is 0 Å². The topological polar surface area (TPSA) is 128 Å². The molecule has 0 aliphatic rings. The lowest BCUT2D eigenvalue weighted by Crippen LogP contribution is -2.53. The molecule has 0 aliphatic carbocycles. The van der Waals surface area contributed by atoms with Crippen LogP contribution in [0.15, 0.2) is 35.6 Å². The number of rotatable bonds is 5. The number of nitrogens with one attached hydrogen (secondary N) is 1. The zero-order valence-corrected chi connectivity index (χ0v) is 7.77. The minimum absolute atomic E-state index is 0.287. The summed E-state index contributed by atoms with van der Waals surface area (Å²) in [5.74, 6) is -2.94. The highest BCUT2D eigenvalue weighted by molar-refractivity contribution is 5.18. The Morgan fingerprint density at radius 3 is 2.00 bits per heavy atom. The van der Waals surface area contributed by atoms with Crippen LogP contribution in [0.4, 0.5) is 0 Å². The molecule has 0 unspecified atom stereocenters. The molecule has 1 aromatic carbocycles. The summed E-state index contributed by atoms with van der Waals surface area (Å²) >= 11 is 0. The zero-order valence-electron chi connectivity index (χ0n) is 7.77. The highest BCUT2D eigenvalue weighted by Gasteiger charge is 2.59. The van der Waals surface area contributed by atoms with Crippen LogP contribution in [0, 0.1) is 25.1 Å². The fraction of sp³-hybridized carbons (Fsp3) is 0.143. The standard InChI is InChI=1S/C7H6N4O5/c12-9-8-7(10(13)14,11(15)16)6-4-2-1-3-5-6/h1-5H,(H,8,12). The molecule has 0 heterocycles. The van der Waals surface area contributed by atoms with Gasteiger partial charge in [-0.25, -0.2) is 0 Å². The average molecular weight is 226 g/mol. The first-order valence-electron chi connectivity index (χ1n) is 3.99. The van der Waals surface area contributed by atoms with Crippen LogP contribution in [0.2, 0.25) is 0 Å². The smallest absolute Gasteiger partial charge is 0.256 e. The first-order chi connectivity index (χ1) is 7.55. The van der Waals surface area contributed by atoms with Crippen LogP contribution in [0.3, 0.4) is 0 Å². The van der Waals surface area contributed by atoms with Gasteiger partial charge < -0.3 is 0 Å². The molecule has 0 bridgehead atoms. The largest absolute Gasteiger partial charge is 0.585 e. The molecule has 16 heavy (non-hydrogen) atoms. The van der Waals surface area contributed by atoms with Crippen molar-refractivity contribution in [3.05, 3.63) is 61.0 Å². The van der Waals surface area contributed by atoms with Gasteiger partial charge in [-0.15, -0.1) is 10.3 Å². The van der Waals surface area contributed by atoms with Gasteiger partial charge in [0.2, 0.25) is 0 Å². The number of nitroso groups, excluding NO2 is 1. The first kappa shape index (κ1) is 11.5. The first-order valence-corrected chi connectivity index (χ1v) is 3.99. The van der Waals surface area contributed by atoms with E-state index in [0.717, 1.165) is 12.1 Å². The van der Waals surface area contributed by atoms with E-state index in [0.29, 0.717) is 0 Å². The third-order valence-electron chi connectivity index (χ3n) is 1.91. The monoisotopic (exact) mass is 226 g/mol. The van der Waals surface area contributed by atoms with Crippen molar-refractivity contribution in [2.75, 3.05) is 0 Å². The van der Waals surface area contributed by atoms with E-state index >= 15 is 0 Å². The fourth-order valence-corrected chi connectivity index (χ4v) is 1.16. The van der Waals surface area contributed by atoms with Gasteiger partial charge in [0.25, 0.3) is 0 Å². The highest BCUT2D eigenvalue weighted by Crippen LogP contribution is 2.22. The summed E-state index contributed by atoms with van der Waals surface area (Å²) in [6.07, 6.45) is 0. The maximum Gasteiger partial charge on any atom is 0.585 e. The molecule has 9 heteroatoms. The molecular weight excluding hydrogens is 220 g/mol. The Kier molecular flexibility index (Phi) is 3.09. The van der Waals surface area contributed by atoms with Gasteiger partial charge in [-0.1, -0.05) is 18.2 Å². The molecule has 0 amide bonds. The summed E-state index contributed by atoms with van der Waals surface area (Å²) in [6.45, 7) is 0. The second-order valence-corrected chi connectivity index (χ2v) is 2.76. The van der Waals surface area contributed by atoms with E-state index in [1.807, 2.05) is 5.29 Å². The second-order valence-electron chi connectivity index (χ2n) is 2.76. The van der Waals surface area contributed by atoms with Crippen LogP contribution in [0.25, 0.3) is 0 Å². The van der Waals surface area contributed by atoms with Crippen LogP contribution in [-0.4, -0.2) is 9.85 Å². The quantitative estimate of drug-likeness (QED) is 0.339. The number of nitro groups is 2. The van der Waals surface area contributed by atoms with Gasteiger partial charge in [0.1, 0.15) is 15.4 Å². The van der Waals surface area contributed by atoms with E-state index in [4.69, 9.17) is 0 Å². The van der Waals surface area contributed by atoms with Gasteiger partial charge in [-0.2, -0.15) is 0 Å². The maximum absolute atomic E-state index is 10.8. The molecule has 0 aliphatic heterocycles. The maximum atomic E-state index is 10.8. The summed E-state index contributed by atoms with van der Waals surface area (Å²) in [7, 11) is 0. The van der Waals surface area contributed by atoms with Crippen molar-refractivity contribution in [2.45, 2.75) is 5.79 Å². The van der Waals surface area contributed by atoms with Crippen LogP contribution in [0.1, 0.15) is 5.56 Å². The van der Waals surface area contributed by atoms with Gasteiger partial charge in [0.05, 0.1) is 5.29 Å². The van der Waals surface area contributed by atoms with Gasteiger partial charge in [-0.3, -0.25) is 20.2 Å². The minimum Gasteiger partial charge on any atom is -0.256 e. The number of hydrogen-bond donors (Lipinski definition) is 1. The Morgan fingerprint density at radius 2 is 1.62 bits per heavy atom.